The number of hydrogen-bond donors (Lipinski definition) is 1. The molecule has 3 nitrogen and oxygen atoms in total. The highest BCUT2D eigenvalue weighted by molar-refractivity contribution is 7.23. The van der Waals surface area contributed by atoms with E-state index in [0.717, 1.165) is 30.0 Å². The number of nitrogens with two attached hydrogens (primary N) is 1. The van der Waals surface area contributed by atoms with Crippen molar-refractivity contribution in [2.45, 2.75) is 26.2 Å². The Bertz CT molecular complexity index is 681. The molecule has 0 fully saturated rings. The van der Waals surface area contributed by atoms with E-state index in [0.29, 0.717) is 0 Å². The molecule has 0 radical (unpaired) electrons. The maximum atomic E-state index is 5.52. The van der Waals surface area contributed by atoms with E-state index in [-0.39, 0.29) is 0 Å². The molecule has 0 spiro atoms. The quantitative estimate of drug-likeness (QED) is 0.731. The van der Waals surface area contributed by atoms with Crippen molar-refractivity contribution in [2.75, 3.05) is 6.54 Å². The Balaban J connectivity index is 1.97. The third kappa shape index (κ3) is 2.02. The molecular weight excluding hydrogens is 242 g/mol. The number of aryl methyl sites for hydroxylation is 2. The monoisotopic (exact) mass is 259 g/mol. The van der Waals surface area contributed by atoms with Crippen LogP contribution in [0, 0.1) is 6.92 Å². The van der Waals surface area contributed by atoms with Crippen LogP contribution in [-0.4, -0.2) is 15.9 Å². The van der Waals surface area contributed by atoms with Gasteiger partial charge in [-0.15, -0.1) is 0 Å². The van der Waals surface area contributed by atoms with E-state index < -0.39 is 0 Å². The summed E-state index contributed by atoms with van der Waals surface area (Å²) in [5.74, 6) is 0. The van der Waals surface area contributed by atoms with E-state index in [1.807, 2.05) is 6.92 Å². The topological polar surface area (TPSA) is 43.3 Å². The number of imidazole rings is 1. The molecule has 1 aromatic carbocycles. The Morgan fingerprint density at radius 2 is 2.22 bits per heavy atom. The van der Waals surface area contributed by atoms with Gasteiger partial charge in [-0.05, 0) is 50.4 Å². The summed E-state index contributed by atoms with van der Waals surface area (Å²) in [5.41, 5.74) is 9.27. The third-order valence-electron chi connectivity index (χ3n) is 3.20. The van der Waals surface area contributed by atoms with Crippen molar-refractivity contribution >= 4 is 26.5 Å². The first-order valence-electron chi connectivity index (χ1n) is 6.35. The number of aromatic nitrogens is 2. The lowest BCUT2D eigenvalue weighted by molar-refractivity contribution is 0.745. The minimum absolute atomic E-state index is 0.786. The Labute approximate surface area is 110 Å². The van der Waals surface area contributed by atoms with E-state index in [4.69, 9.17) is 5.73 Å². The number of nitrogens with zero attached hydrogens (tertiary/aromatic N) is 2. The van der Waals surface area contributed by atoms with Crippen molar-refractivity contribution in [3.8, 4) is 0 Å². The van der Waals surface area contributed by atoms with Crippen molar-refractivity contribution in [3.63, 3.8) is 0 Å². The number of benzene rings is 1. The molecular formula is C14H17N3S. The minimum Gasteiger partial charge on any atom is -0.330 e. The van der Waals surface area contributed by atoms with Gasteiger partial charge in [0.15, 0.2) is 4.96 Å². The molecule has 2 heterocycles. The zero-order chi connectivity index (χ0) is 12.5. The van der Waals surface area contributed by atoms with Crippen LogP contribution in [0.25, 0.3) is 15.2 Å². The van der Waals surface area contributed by atoms with Crippen LogP contribution in [0.15, 0.2) is 24.4 Å². The van der Waals surface area contributed by atoms with Gasteiger partial charge in [0.25, 0.3) is 0 Å². The van der Waals surface area contributed by atoms with Gasteiger partial charge >= 0.3 is 0 Å². The molecule has 0 aliphatic rings. The largest absolute Gasteiger partial charge is 0.330 e. The van der Waals surface area contributed by atoms with E-state index in [2.05, 4.69) is 33.8 Å². The maximum absolute atomic E-state index is 5.52. The first-order chi connectivity index (χ1) is 8.78. The highest BCUT2D eigenvalue weighted by Gasteiger charge is 2.07. The average Bonchev–Trinajstić information content (AvgIpc) is 2.84. The molecule has 0 bridgehead atoms. The molecule has 0 saturated heterocycles. The molecule has 94 valence electrons. The summed E-state index contributed by atoms with van der Waals surface area (Å²) < 4.78 is 3.50. The number of thiazole rings is 1. The molecule has 3 rings (SSSR count). The second kappa shape index (κ2) is 4.71. The fourth-order valence-electron chi connectivity index (χ4n) is 2.29. The zero-order valence-corrected chi connectivity index (χ0v) is 11.3. The van der Waals surface area contributed by atoms with Crippen molar-refractivity contribution in [2.24, 2.45) is 5.73 Å². The van der Waals surface area contributed by atoms with Crippen LogP contribution < -0.4 is 5.73 Å². The van der Waals surface area contributed by atoms with E-state index in [9.17, 15) is 0 Å². The van der Waals surface area contributed by atoms with Gasteiger partial charge < -0.3 is 5.73 Å². The normalized spacial score (nSPS) is 11.7. The summed E-state index contributed by atoms with van der Waals surface area (Å²) in [7, 11) is 0. The smallest absolute Gasteiger partial charge is 0.194 e. The predicted octanol–water partition coefficient (Wildman–Crippen LogP) is 3.14. The molecule has 0 unspecified atom stereocenters. The van der Waals surface area contributed by atoms with Gasteiger partial charge in [0, 0.05) is 6.20 Å². The second-order valence-corrected chi connectivity index (χ2v) is 5.69. The number of unbranched alkanes of at least 4 members (excludes halogenated alkanes) is 1. The Morgan fingerprint density at radius 1 is 1.33 bits per heavy atom. The van der Waals surface area contributed by atoms with Crippen molar-refractivity contribution in [3.05, 3.63) is 35.7 Å². The van der Waals surface area contributed by atoms with E-state index in [1.54, 1.807) is 11.3 Å². The number of fused-ring (bicyclic) bond motifs is 3. The lowest BCUT2D eigenvalue weighted by Gasteiger charge is -2.00. The highest BCUT2D eigenvalue weighted by Crippen LogP contribution is 2.27. The molecule has 0 aliphatic heterocycles. The predicted molar refractivity (Wildman–Crippen MR) is 77.3 cm³/mol. The Hall–Kier alpha value is -1.39. The van der Waals surface area contributed by atoms with Crippen LogP contribution in [0.3, 0.4) is 0 Å². The molecule has 3 aromatic rings. The molecule has 0 aliphatic carbocycles. The molecule has 4 heteroatoms. The summed E-state index contributed by atoms with van der Waals surface area (Å²) in [5, 5.41) is 0. The van der Waals surface area contributed by atoms with Crippen molar-refractivity contribution in [1.29, 1.82) is 0 Å². The van der Waals surface area contributed by atoms with E-state index in [1.165, 1.54) is 22.2 Å². The average molecular weight is 259 g/mol. The van der Waals surface area contributed by atoms with Crippen LogP contribution >= 0.6 is 11.3 Å². The van der Waals surface area contributed by atoms with Crippen LogP contribution in [0.5, 0.6) is 0 Å². The molecule has 0 saturated carbocycles. The van der Waals surface area contributed by atoms with Crippen LogP contribution in [0.4, 0.5) is 0 Å². The third-order valence-corrected chi connectivity index (χ3v) is 4.22. The number of rotatable bonds is 4. The summed E-state index contributed by atoms with van der Waals surface area (Å²) >= 11 is 1.76. The van der Waals surface area contributed by atoms with Gasteiger partial charge in [0.2, 0.25) is 0 Å². The molecule has 0 amide bonds. The molecule has 2 aromatic heterocycles. The fraction of sp³-hybridized carbons (Fsp3) is 0.357. The maximum Gasteiger partial charge on any atom is 0.194 e. The second-order valence-electron chi connectivity index (χ2n) is 4.68. The fourth-order valence-corrected chi connectivity index (χ4v) is 3.40. The first-order valence-corrected chi connectivity index (χ1v) is 7.17. The van der Waals surface area contributed by atoms with Crippen molar-refractivity contribution < 1.29 is 0 Å². The van der Waals surface area contributed by atoms with Crippen molar-refractivity contribution in [1.82, 2.24) is 9.38 Å². The SMILES string of the molecule is Cc1cn2c(n1)sc1cc(CCCCN)ccc12. The van der Waals surface area contributed by atoms with Gasteiger partial charge in [-0.1, -0.05) is 17.4 Å². The van der Waals surface area contributed by atoms with Gasteiger partial charge in [-0.3, -0.25) is 4.40 Å². The van der Waals surface area contributed by atoms with Gasteiger partial charge in [0.1, 0.15) is 0 Å². The lowest BCUT2D eigenvalue weighted by Crippen LogP contribution is -1.98. The van der Waals surface area contributed by atoms with Gasteiger partial charge in [0.05, 0.1) is 15.9 Å². The lowest BCUT2D eigenvalue weighted by atomic mass is 10.1. The summed E-state index contributed by atoms with van der Waals surface area (Å²) in [6.45, 7) is 2.82. The molecule has 0 atom stereocenters. The summed E-state index contributed by atoms with van der Waals surface area (Å²) in [6, 6.07) is 6.72. The van der Waals surface area contributed by atoms with Crippen LogP contribution in [-0.2, 0) is 6.42 Å². The molecule has 18 heavy (non-hydrogen) atoms. The van der Waals surface area contributed by atoms with Gasteiger partial charge in [-0.25, -0.2) is 4.98 Å². The van der Waals surface area contributed by atoms with E-state index >= 15 is 0 Å². The standard InChI is InChI=1S/C14H17N3S/c1-10-9-17-12-6-5-11(4-2-3-7-15)8-13(12)18-14(17)16-10/h5-6,8-9H,2-4,7,15H2,1H3. The zero-order valence-electron chi connectivity index (χ0n) is 10.5. The Kier molecular flexibility index (Phi) is 3.06. The Morgan fingerprint density at radius 3 is 3.06 bits per heavy atom. The van der Waals surface area contributed by atoms with Gasteiger partial charge in [-0.2, -0.15) is 0 Å². The molecule has 2 N–H and O–H groups in total. The first kappa shape index (κ1) is 11.7. The number of hydrogen-bond acceptors (Lipinski definition) is 3. The van der Waals surface area contributed by atoms with Crippen LogP contribution in [0.2, 0.25) is 0 Å². The summed E-state index contributed by atoms with van der Waals surface area (Å²) in [6.07, 6.45) is 5.49. The summed E-state index contributed by atoms with van der Waals surface area (Å²) in [4.78, 5) is 5.61. The minimum atomic E-state index is 0.786. The van der Waals surface area contributed by atoms with Crippen LogP contribution in [0.1, 0.15) is 24.1 Å². The highest BCUT2D eigenvalue weighted by atomic mass is 32.1.